The third-order valence-corrected chi connectivity index (χ3v) is 3.40. The summed E-state index contributed by atoms with van der Waals surface area (Å²) in [6.07, 6.45) is 6.41. The molecule has 2 heterocycles. The number of nitrogens with zero attached hydrogens (tertiary/aromatic N) is 2. The molecule has 1 N–H and O–H groups in total. The Morgan fingerprint density at radius 2 is 2.24 bits per heavy atom. The minimum Gasteiger partial charge on any atom is -0.385 e. The average molecular weight is 227 g/mol. The van der Waals surface area contributed by atoms with E-state index in [4.69, 9.17) is 0 Å². The van der Waals surface area contributed by atoms with E-state index < -0.39 is 0 Å². The molecule has 1 aliphatic heterocycles. The maximum Gasteiger partial charge on any atom is 0.0568 e. The van der Waals surface area contributed by atoms with Gasteiger partial charge in [0.15, 0.2) is 0 Å². The van der Waals surface area contributed by atoms with Gasteiger partial charge in [-0.05, 0) is 48.6 Å². The highest BCUT2D eigenvalue weighted by Gasteiger charge is 2.12. The van der Waals surface area contributed by atoms with Crippen LogP contribution in [0.4, 0.5) is 5.69 Å². The average Bonchev–Trinajstić information content (AvgIpc) is 2.75. The fourth-order valence-corrected chi connectivity index (χ4v) is 2.50. The zero-order valence-corrected chi connectivity index (χ0v) is 10.3. The van der Waals surface area contributed by atoms with Gasteiger partial charge in [0.05, 0.1) is 6.20 Å². The van der Waals surface area contributed by atoms with Crippen molar-refractivity contribution in [3.05, 3.63) is 35.7 Å². The summed E-state index contributed by atoms with van der Waals surface area (Å²) in [5, 5.41) is 7.71. The Hall–Kier alpha value is -1.77. The lowest BCUT2D eigenvalue weighted by Gasteiger charge is -2.20. The number of aromatic nitrogens is 2. The van der Waals surface area contributed by atoms with Crippen LogP contribution in [-0.4, -0.2) is 16.3 Å². The smallest absolute Gasteiger partial charge is 0.0568 e. The van der Waals surface area contributed by atoms with Gasteiger partial charge in [-0.15, -0.1) is 0 Å². The van der Waals surface area contributed by atoms with E-state index in [1.54, 1.807) is 0 Å². The second-order valence-corrected chi connectivity index (χ2v) is 4.76. The zero-order valence-electron chi connectivity index (χ0n) is 10.3. The second kappa shape index (κ2) is 3.91. The molecular weight excluding hydrogens is 210 g/mol. The molecule has 2 aromatic rings. The molecule has 0 atom stereocenters. The van der Waals surface area contributed by atoms with E-state index in [2.05, 4.69) is 35.7 Å². The van der Waals surface area contributed by atoms with E-state index in [1.165, 1.54) is 40.8 Å². The highest BCUT2D eigenvalue weighted by Crippen LogP contribution is 2.31. The predicted octanol–water partition coefficient (Wildman–Crippen LogP) is 2.75. The fraction of sp³-hybridized carbons (Fsp3) is 0.357. The van der Waals surface area contributed by atoms with Crippen LogP contribution in [0.2, 0.25) is 0 Å². The first-order valence-electron chi connectivity index (χ1n) is 6.10. The molecule has 0 saturated carbocycles. The van der Waals surface area contributed by atoms with Crippen molar-refractivity contribution in [3.63, 3.8) is 0 Å². The second-order valence-electron chi connectivity index (χ2n) is 4.76. The summed E-state index contributed by atoms with van der Waals surface area (Å²) in [7, 11) is 1.96. The Bertz CT molecular complexity index is 555. The molecule has 0 radical (unpaired) electrons. The minimum absolute atomic E-state index is 1.10. The number of fused-ring (bicyclic) bond motifs is 1. The van der Waals surface area contributed by atoms with Crippen molar-refractivity contribution < 1.29 is 0 Å². The zero-order chi connectivity index (χ0) is 11.8. The summed E-state index contributed by atoms with van der Waals surface area (Å²) < 4.78 is 1.85. The molecule has 1 aromatic carbocycles. The number of hydrogen-bond acceptors (Lipinski definition) is 2. The molecule has 0 aliphatic carbocycles. The van der Waals surface area contributed by atoms with Crippen molar-refractivity contribution in [2.45, 2.75) is 19.8 Å². The molecule has 88 valence electrons. The third-order valence-electron chi connectivity index (χ3n) is 3.40. The van der Waals surface area contributed by atoms with Crippen LogP contribution >= 0.6 is 0 Å². The van der Waals surface area contributed by atoms with Crippen LogP contribution in [0.1, 0.15) is 17.5 Å². The van der Waals surface area contributed by atoms with Crippen LogP contribution in [0.3, 0.4) is 0 Å². The standard InChI is InChI=1S/C14H17N3/c1-10-6-14-11(4-3-5-15-14)7-13(10)12-8-16-17(2)9-12/h6-9,15H,3-5H2,1-2H3. The van der Waals surface area contributed by atoms with E-state index in [9.17, 15) is 0 Å². The fourth-order valence-electron chi connectivity index (χ4n) is 2.50. The van der Waals surface area contributed by atoms with Gasteiger partial charge < -0.3 is 5.32 Å². The lowest BCUT2D eigenvalue weighted by atomic mass is 9.95. The van der Waals surface area contributed by atoms with Crippen molar-refractivity contribution in [1.82, 2.24) is 9.78 Å². The van der Waals surface area contributed by atoms with Crippen LogP contribution in [0, 0.1) is 6.92 Å². The van der Waals surface area contributed by atoms with Crippen LogP contribution < -0.4 is 5.32 Å². The number of hydrogen-bond donors (Lipinski definition) is 1. The number of aryl methyl sites for hydroxylation is 3. The van der Waals surface area contributed by atoms with Gasteiger partial charge in [-0.3, -0.25) is 4.68 Å². The summed E-state index contributed by atoms with van der Waals surface area (Å²) in [6.45, 7) is 3.26. The van der Waals surface area contributed by atoms with E-state index >= 15 is 0 Å². The highest BCUT2D eigenvalue weighted by atomic mass is 15.2. The van der Waals surface area contributed by atoms with E-state index in [1.807, 2.05) is 17.9 Å². The molecule has 1 aromatic heterocycles. The summed E-state index contributed by atoms with van der Waals surface area (Å²) in [5.41, 5.74) is 6.56. The Morgan fingerprint density at radius 3 is 3.00 bits per heavy atom. The molecular formula is C14H17N3. The van der Waals surface area contributed by atoms with E-state index in [0.717, 1.165) is 6.54 Å². The number of rotatable bonds is 1. The Labute approximate surface area is 101 Å². The number of anilines is 1. The van der Waals surface area contributed by atoms with E-state index in [-0.39, 0.29) is 0 Å². The molecule has 0 bridgehead atoms. The predicted molar refractivity (Wildman–Crippen MR) is 70.2 cm³/mol. The normalized spacial score (nSPS) is 14.2. The summed E-state index contributed by atoms with van der Waals surface area (Å²) in [4.78, 5) is 0. The van der Waals surface area contributed by atoms with Crippen molar-refractivity contribution in [1.29, 1.82) is 0 Å². The first kappa shape index (κ1) is 10.4. The lowest BCUT2D eigenvalue weighted by Crippen LogP contribution is -2.12. The molecule has 17 heavy (non-hydrogen) atoms. The molecule has 0 saturated heterocycles. The maximum atomic E-state index is 4.25. The largest absolute Gasteiger partial charge is 0.385 e. The first-order valence-corrected chi connectivity index (χ1v) is 6.10. The van der Waals surface area contributed by atoms with Gasteiger partial charge in [-0.25, -0.2) is 0 Å². The minimum atomic E-state index is 1.10. The van der Waals surface area contributed by atoms with Crippen LogP contribution in [0.15, 0.2) is 24.5 Å². The molecule has 1 aliphatic rings. The third kappa shape index (κ3) is 1.82. The summed E-state index contributed by atoms with van der Waals surface area (Å²) in [6, 6.07) is 4.57. The monoisotopic (exact) mass is 227 g/mol. The topological polar surface area (TPSA) is 29.9 Å². The van der Waals surface area contributed by atoms with Gasteiger partial charge in [0, 0.05) is 31.0 Å². The van der Waals surface area contributed by atoms with Gasteiger partial charge in [-0.2, -0.15) is 5.10 Å². The number of nitrogens with one attached hydrogen (secondary N) is 1. The number of benzene rings is 1. The quantitative estimate of drug-likeness (QED) is 0.811. The van der Waals surface area contributed by atoms with Crippen molar-refractivity contribution in [2.75, 3.05) is 11.9 Å². The van der Waals surface area contributed by atoms with Crippen LogP contribution in [-0.2, 0) is 13.5 Å². The van der Waals surface area contributed by atoms with Gasteiger partial charge in [0.1, 0.15) is 0 Å². The molecule has 3 nitrogen and oxygen atoms in total. The maximum absolute atomic E-state index is 4.25. The Morgan fingerprint density at radius 1 is 1.35 bits per heavy atom. The Balaban J connectivity index is 2.11. The molecule has 0 amide bonds. The molecule has 0 fully saturated rings. The van der Waals surface area contributed by atoms with Gasteiger partial charge in [0.2, 0.25) is 0 Å². The van der Waals surface area contributed by atoms with Crippen LogP contribution in [0.25, 0.3) is 11.1 Å². The molecule has 0 spiro atoms. The van der Waals surface area contributed by atoms with E-state index in [0.29, 0.717) is 0 Å². The molecule has 3 rings (SSSR count). The van der Waals surface area contributed by atoms with Gasteiger partial charge >= 0.3 is 0 Å². The molecule has 3 heteroatoms. The van der Waals surface area contributed by atoms with Gasteiger partial charge in [0.25, 0.3) is 0 Å². The first-order chi connectivity index (χ1) is 8.24. The summed E-state index contributed by atoms with van der Waals surface area (Å²) in [5.74, 6) is 0. The van der Waals surface area contributed by atoms with Gasteiger partial charge in [-0.1, -0.05) is 0 Å². The lowest BCUT2D eigenvalue weighted by molar-refractivity contribution is 0.768. The molecule has 0 unspecified atom stereocenters. The van der Waals surface area contributed by atoms with Crippen LogP contribution in [0.5, 0.6) is 0 Å². The van der Waals surface area contributed by atoms with Crippen molar-refractivity contribution in [3.8, 4) is 11.1 Å². The highest BCUT2D eigenvalue weighted by molar-refractivity contribution is 5.72. The summed E-state index contributed by atoms with van der Waals surface area (Å²) >= 11 is 0. The van der Waals surface area contributed by atoms with Crippen molar-refractivity contribution in [2.24, 2.45) is 7.05 Å². The SMILES string of the molecule is Cc1cc2c(cc1-c1cnn(C)c1)CCCN2. The van der Waals surface area contributed by atoms with Crippen molar-refractivity contribution >= 4 is 5.69 Å². The Kier molecular flexibility index (Phi) is 2.39.